The molecule has 0 spiro atoms. The van der Waals surface area contributed by atoms with E-state index in [0.717, 1.165) is 24.2 Å². The third-order valence-electron chi connectivity index (χ3n) is 3.83. The quantitative estimate of drug-likeness (QED) is 0.872. The van der Waals surface area contributed by atoms with Crippen LogP contribution in [0.15, 0.2) is 42.5 Å². The van der Waals surface area contributed by atoms with E-state index in [2.05, 4.69) is 27.7 Å². The molecule has 0 bridgehead atoms. The lowest BCUT2D eigenvalue weighted by atomic mass is 10.1. The van der Waals surface area contributed by atoms with Gasteiger partial charge < -0.3 is 10.6 Å². The molecule has 1 saturated heterocycles. The van der Waals surface area contributed by atoms with Crippen LogP contribution in [0.25, 0.3) is 10.8 Å². The molecule has 4 nitrogen and oxygen atoms in total. The average Bonchev–Trinajstić information content (AvgIpc) is 2.47. The summed E-state index contributed by atoms with van der Waals surface area (Å²) in [7, 11) is 1.99. The van der Waals surface area contributed by atoms with Crippen LogP contribution in [0.1, 0.15) is 0 Å². The van der Waals surface area contributed by atoms with Gasteiger partial charge in [-0.2, -0.15) is 0 Å². The van der Waals surface area contributed by atoms with E-state index in [1.165, 1.54) is 5.39 Å². The van der Waals surface area contributed by atoms with E-state index < -0.39 is 0 Å². The van der Waals surface area contributed by atoms with Crippen molar-refractivity contribution in [3.63, 3.8) is 0 Å². The van der Waals surface area contributed by atoms with E-state index in [1.807, 2.05) is 37.4 Å². The van der Waals surface area contributed by atoms with Crippen molar-refractivity contribution >= 4 is 22.4 Å². The van der Waals surface area contributed by atoms with Gasteiger partial charge in [0.2, 0.25) is 5.91 Å². The van der Waals surface area contributed by atoms with Crippen LogP contribution < -0.4 is 10.6 Å². The van der Waals surface area contributed by atoms with Gasteiger partial charge in [0, 0.05) is 25.3 Å². The minimum atomic E-state index is -0.102. The number of piperazine rings is 1. The van der Waals surface area contributed by atoms with Crippen LogP contribution in [0.4, 0.5) is 5.69 Å². The maximum atomic E-state index is 12.3. The van der Waals surface area contributed by atoms with Crippen molar-refractivity contribution in [1.29, 1.82) is 0 Å². The molecular weight excluding hydrogens is 250 g/mol. The summed E-state index contributed by atoms with van der Waals surface area (Å²) in [5.41, 5.74) is 0.854. The van der Waals surface area contributed by atoms with Gasteiger partial charge in [0.05, 0.1) is 0 Å². The number of nitrogens with one attached hydrogen (secondary N) is 2. The molecule has 20 heavy (non-hydrogen) atoms. The van der Waals surface area contributed by atoms with E-state index >= 15 is 0 Å². The van der Waals surface area contributed by atoms with Crippen molar-refractivity contribution < 1.29 is 4.79 Å². The predicted molar refractivity (Wildman–Crippen MR) is 81.9 cm³/mol. The lowest BCUT2D eigenvalue weighted by Crippen LogP contribution is -2.54. The summed E-state index contributed by atoms with van der Waals surface area (Å²) in [5.74, 6) is 0.0509. The summed E-state index contributed by atoms with van der Waals surface area (Å²) in [4.78, 5) is 14.4. The number of carbonyl (C=O) groups is 1. The smallest absolute Gasteiger partial charge is 0.243 e. The molecule has 1 fully saturated rings. The molecule has 1 amide bonds. The number of nitrogens with zero attached hydrogens (tertiary/aromatic N) is 1. The molecule has 0 aliphatic carbocycles. The SMILES string of the molecule is CN1CCNCC1C(=O)Nc1ccc2ccccc2c1. The molecule has 0 aromatic heterocycles. The van der Waals surface area contributed by atoms with Crippen molar-refractivity contribution in [3.8, 4) is 0 Å². The van der Waals surface area contributed by atoms with Crippen LogP contribution in [-0.4, -0.2) is 43.5 Å². The fourth-order valence-corrected chi connectivity index (χ4v) is 2.59. The third-order valence-corrected chi connectivity index (χ3v) is 3.83. The average molecular weight is 269 g/mol. The number of amides is 1. The molecule has 1 aliphatic heterocycles. The zero-order valence-electron chi connectivity index (χ0n) is 11.6. The first kappa shape index (κ1) is 13.1. The van der Waals surface area contributed by atoms with Crippen LogP contribution in [0.3, 0.4) is 0 Å². The summed E-state index contributed by atoms with van der Waals surface area (Å²) < 4.78 is 0. The van der Waals surface area contributed by atoms with E-state index in [0.29, 0.717) is 6.54 Å². The minimum absolute atomic E-state index is 0.0509. The topological polar surface area (TPSA) is 44.4 Å². The first-order chi connectivity index (χ1) is 9.74. The Kier molecular flexibility index (Phi) is 3.67. The Balaban J connectivity index is 1.76. The second-order valence-electron chi connectivity index (χ2n) is 5.25. The highest BCUT2D eigenvalue weighted by Gasteiger charge is 2.25. The minimum Gasteiger partial charge on any atom is -0.325 e. The molecular formula is C16H19N3O. The summed E-state index contributed by atoms with van der Waals surface area (Å²) >= 11 is 0. The number of hydrogen-bond acceptors (Lipinski definition) is 3. The highest BCUT2D eigenvalue weighted by Crippen LogP contribution is 2.19. The van der Waals surface area contributed by atoms with Crippen LogP contribution in [0.2, 0.25) is 0 Å². The molecule has 1 aliphatic rings. The zero-order valence-corrected chi connectivity index (χ0v) is 11.6. The summed E-state index contributed by atoms with van der Waals surface area (Å²) in [6, 6.07) is 14.1. The van der Waals surface area contributed by atoms with E-state index in [4.69, 9.17) is 0 Å². The zero-order chi connectivity index (χ0) is 13.9. The monoisotopic (exact) mass is 269 g/mol. The Morgan fingerprint density at radius 1 is 1.25 bits per heavy atom. The Hall–Kier alpha value is -1.91. The lowest BCUT2D eigenvalue weighted by Gasteiger charge is -2.31. The van der Waals surface area contributed by atoms with Gasteiger partial charge >= 0.3 is 0 Å². The number of anilines is 1. The van der Waals surface area contributed by atoms with Gasteiger partial charge in [-0.3, -0.25) is 9.69 Å². The number of benzene rings is 2. The summed E-state index contributed by atoms with van der Waals surface area (Å²) in [5, 5.41) is 8.59. The van der Waals surface area contributed by atoms with Gasteiger partial charge in [-0.25, -0.2) is 0 Å². The Morgan fingerprint density at radius 2 is 2.05 bits per heavy atom. The maximum Gasteiger partial charge on any atom is 0.243 e. The third kappa shape index (κ3) is 2.66. The molecule has 0 saturated carbocycles. The van der Waals surface area contributed by atoms with Gasteiger partial charge in [-0.1, -0.05) is 30.3 Å². The van der Waals surface area contributed by atoms with Crippen molar-refractivity contribution in [2.24, 2.45) is 0 Å². The molecule has 1 heterocycles. The fourth-order valence-electron chi connectivity index (χ4n) is 2.59. The molecule has 3 rings (SSSR count). The first-order valence-corrected chi connectivity index (χ1v) is 6.95. The molecule has 2 aromatic carbocycles. The van der Waals surface area contributed by atoms with Crippen LogP contribution in [0, 0.1) is 0 Å². The normalized spacial score (nSPS) is 19.9. The van der Waals surface area contributed by atoms with Gasteiger partial charge in [-0.05, 0) is 30.0 Å². The van der Waals surface area contributed by atoms with E-state index in [-0.39, 0.29) is 11.9 Å². The number of likely N-dealkylation sites (N-methyl/N-ethyl adjacent to an activating group) is 1. The second kappa shape index (κ2) is 5.61. The van der Waals surface area contributed by atoms with Gasteiger partial charge in [-0.15, -0.1) is 0 Å². The number of hydrogen-bond donors (Lipinski definition) is 2. The number of carbonyl (C=O) groups excluding carboxylic acids is 1. The molecule has 0 radical (unpaired) electrons. The molecule has 2 N–H and O–H groups in total. The van der Waals surface area contributed by atoms with E-state index in [1.54, 1.807) is 0 Å². The molecule has 2 aromatic rings. The first-order valence-electron chi connectivity index (χ1n) is 6.95. The number of fused-ring (bicyclic) bond motifs is 1. The molecule has 1 unspecified atom stereocenters. The fraction of sp³-hybridized carbons (Fsp3) is 0.312. The van der Waals surface area contributed by atoms with Crippen molar-refractivity contribution in [1.82, 2.24) is 10.2 Å². The lowest BCUT2D eigenvalue weighted by molar-refractivity contribution is -0.121. The predicted octanol–water partition coefficient (Wildman–Crippen LogP) is 1.68. The Labute approximate surface area is 118 Å². The van der Waals surface area contributed by atoms with Gasteiger partial charge in [0.15, 0.2) is 0 Å². The standard InChI is InChI=1S/C16H19N3O/c1-19-9-8-17-11-15(19)16(20)18-14-7-6-12-4-2-3-5-13(12)10-14/h2-7,10,15,17H,8-9,11H2,1H3,(H,18,20). The van der Waals surface area contributed by atoms with Gasteiger partial charge in [0.1, 0.15) is 6.04 Å². The summed E-state index contributed by atoms with van der Waals surface area (Å²) in [6.07, 6.45) is 0. The van der Waals surface area contributed by atoms with Crippen molar-refractivity contribution in [3.05, 3.63) is 42.5 Å². The second-order valence-corrected chi connectivity index (χ2v) is 5.25. The maximum absolute atomic E-state index is 12.3. The summed E-state index contributed by atoms with van der Waals surface area (Å²) in [6.45, 7) is 2.54. The van der Waals surface area contributed by atoms with E-state index in [9.17, 15) is 4.79 Å². The van der Waals surface area contributed by atoms with Crippen molar-refractivity contribution in [2.75, 3.05) is 32.0 Å². The number of rotatable bonds is 2. The highest BCUT2D eigenvalue weighted by atomic mass is 16.2. The molecule has 104 valence electrons. The van der Waals surface area contributed by atoms with Crippen molar-refractivity contribution in [2.45, 2.75) is 6.04 Å². The van der Waals surface area contributed by atoms with Crippen LogP contribution in [0.5, 0.6) is 0 Å². The van der Waals surface area contributed by atoms with Crippen LogP contribution >= 0.6 is 0 Å². The largest absolute Gasteiger partial charge is 0.325 e. The molecule has 1 atom stereocenters. The van der Waals surface area contributed by atoms with Crippen LogP contribution in [-0.2, 0) is 4.79 Å². The Bertz CT molecular complexity index is 626. The van der Waals surface area contributed by atoms with Gasteiger partial charge in [0.25, 0.3) is 0 Å². The Morgan fingerprint density at radius 3 is 2.85 bits per heavy atom. The highest BCUT2D eigenvalue weighted by molar-refractivity contribution is 5.97. The molecule has 4 heteroatoms.